The summed E-state index contributed by atoms with van der Waals surface area (Å²) in [6.45, 7) is 9.24. The number of pyridine rings is 1. The smallest absolute Gasteiger partial charge is 0.0699 e. The lowest BCUT2D eigenvalue weighted by Crippen LogP contribution is -1.98. The number of nitrogens with zero attached hydrogens (tertiary/aromatic N) is 2. The molecular formula is C11H12N2. The van der Waals surface area contributed by atoms with E-state index in [9.17, 15) is 0 Å². The van der Waals surface area contributed by atoms with Crippen LogP contribution < -0.4 is 0 Å². The van der Waals surface area contributed by atoms with Crippen LogP contribution in [0.25, 0.3) is 0 Å². The van der Waals surface area contributed by atoms with E-state index in [1.807, 2.05) is 13.0 Å². The third-order valence-corrected chi connectivity index (χ3v) is 1.72. The molecule has 0 bridgehead atoms. The molecule has 0 unspecified atom stereocenters. The fourth-order valence-electron chi connectivity index (χ4n) is 1.09. The summed E-state index contributed by atoms with van der Waals surface area (Å²) in [6, 6.07) is 1.92. The van der Waals surface area contributed by atoms with Gasteiger partial charge >= 0.3 is 0 Å². The monoisotopic (exact) mass is 172 g/mol. The van der Waals surface area contributed by atoms with Crippen molar-refractivity contribution in [2.75, 3.05) is 0 Å². The van der Waals surface area contributed by atoms with E-state index in [1.165, 1.54) is 6.20 Å². The van der Waals surface area contributed by atoms with Crippen LogP contribution in [0.3, 0.4) is 0 Å². The van der Waals surface area contributed by atoms with Gasteiger partial charge in [0.05, 0.1) is 5.71 Å². The van der Waals surface area contributed by atoms with Gasteiger partial charge < -0.3 is 0 Å². The average molecular weight is 172 g/mol. The molecule has 0 spiro atoms. The molecule has 2 nitrogen and oxygen atoms in total. The topological polar surface area (TPSA) is 25.2 Å². The van der Waals surface area contributed by atoms with Crippen LogP contribution in [0.2, 0.25) is 0 Å². The van der Waals surface area contributed by atoms with Gasteiger partial charge in [0, 0.05) is 24.2 Å². The molecule has 0 atom stereocenters. The maximum Gasteiger partial charge on any atom is 0.0699 e. The average Bonchev–Trinajstić information content (AvgIpc) is 2.16. The van der Waals surface area contributed by atoms with Gasteiger partial charge in [-0.3, -0.25) is 9.98 Å². The number of aliphatic imine (C=N–C) groups is 1. The molecule has 0 aliphatic carbocycles. The number of aryl methyl sites for hydroxylation is 1. The standard InChI is InChI=1S/C11H12N2/c1-4-11(13-5-2)10-6-7-12-8-9(10)3/h4-8H,1-2H2,3H3. The number of aromatic nitrogens is 1. The molecule has 1 heterocycles. The first-order chi connectivity index (χ1) is 6.29. The molecule has 0 aliphatic heterocycles. The second-order valence-corrected chi connectivity index (χ2v) is 2.59. The Labute approximate surface area is 78.4 Å². The fourth-order valence-corrected chi connectivity index (χ4v) is 1.09. The van der Waals surface area contributed by atoms with Gasteiger partial charge in [0.15, 0.2) is 0 Å². The molecule has 0 aliphatic rings. The van der Waals surface area contributed by atoms with Crippen molar-refractivity contribution >= 4 is 5.71 Å². The summed E-state index contributed by atoms with van der Waals surface area (Å²) in [5, 5.41) is 0. The quantitative estimate of drug-likeness (QED) is 0.643. The van der Waals surface area contributed by atoms with E-state index in [-0.39, 0.29) is 0 Å². The Bertz CT molecular complexity index is 351. The Morgan fingerprint density at radius 1 is 1.54 bits per heavy atom. The number of rotatable bonds is 3. The molecule has 0 saturated heterocycles. The third-order valence-electron chi connectivity index (χ3n) is 1.72. The zero-order valence-electron chi connectivity index (χ0n) is 7.70. The Morgan fingerprint density at radius 3 is 2.85 bits per heavy atom. The second-order valence-electron chi connectivity index (χ2n) is 2.59. The summed E-state index contributed by atoms with van der Waals surface area (Å²) in [7, 11) is 0. The summed E-state index contributed by atoms with van der Waals surface area (Å²) in [6.07, 6.45) is 6.77. The number of hydrogen-bond donors (Lipinski definition) is 0. The van der Waals surface area contributed by atoms with E-state index in [0.29, 0.717) is 0 Å². The van der Waals surface area contributed by atoms with E-state index in [4.69, 9.17) is 0 Å². The lowest BCUT2D eigenvalue weighted by molar-refractivity contribution is 1.26. The van der Waals surface area contributed by atoms with Gasteiger partial charge in [-0.2, -0.15) is 0 Å². The molecule has 0 saturated carbocycles. The van der Waals surface area contributed by atoms with Crippen molar-refractivity contribution in [3.8, 4) is 0 Å². The first kappa shape index (κ1) is 9.39. The van der Waals surface area contributed by atoms with Gasteiger partial charge in [0.2, 0.25) is 0 Å². The van der Waals surface area contributed by atoms with Crippen LogP contribution in [0.15, 0.2) is 48.9 Å². The highest BCUT2D eigenvalue weighted by atomic mass is 14.7. The first-order valence-corrected chi connectivity index (χ1v) is 4.01. The van der Waals surface area contributed by atoms with Crippen LogP contribution in [-0.4, -0.2) is 10.7 Å². The van der Waals surface area contributed by atoms with Crippen LogP contribution in [0.4, 0.5) is 0 Å². The van der Waals surface area contributed by atoms with Gasteiger partial charge in [-0.15, -0.1) is 0 Å². The van der Waals surface area contributed by atoms with Crippen molar-refractivity contribution in [1.29, 1.82) is 0 Å². The van der Waals surface area contributed by atoms with Crippen molar-refractivity contribution in [2.45, 2.75) is 6.92 Å². The molecule has 0 aromatic carbocycles. The number of hydrogen-bond acceptors (Lipinski definition) is 2. The van der Waals surface area contributed by atoms with Crippen LogP contribution in [0.5, 0.6) is 0 Å². The van der Waals surface area contributed by atoms with Crippen molar-refractivity contribution in [1.82, 2.24) is 4.98 Å². The summed E-state index contributed by atoms with van der Waals surface area (Å²) >= 11 is 0. The van der Waals surface area contributed by atoms with Gasteiger partial charge in [-0.1, -0.05) is 13.2 Å². The molecule has 1 aromatic heterocycles. The maximum atomic E-state index is 4.11. The van der Waals surface area contributed by atoms with E-state index < -0.39 is 0 Å². The summed E-state index contributed by atoms with van der Waals surface area (Å²) in [4.78, 5) is 8.12. The molecule has 2 heteroatoms. The third kappa shape index (κ3) is 2.12. The van der Waals surface area contributed by atoms with Gasteiger partial charge in [0.1, 0.15) is 0 Å². The molecule has 1 rings (SSSR count). The highest BCUT2D eigenvalue weighted by Gasteiger charge is 2.00. The fraction of sp³-hybridized carbons (Fsp3) is 0.0909. The van der Waals surface area contributed by atoms with Crippen molar-refractivity contribution < 1.29 is 0 Å². The zero-order chi connectivity index (χ0) is 9.68. The lowest BCUT2D eigenvalue weighted by Gasteiger charge is -2.02. The molecule has 13 heavy (non-hydrogen) atoms. The molecule has 1 aromatic rings. The highest BCUT2D eigenvalue weighted by Crippen LogP contribution is 2.07. The normalized spacial score (nSPS) is 11.0. The van der Waals surface area contributed by atoms with E-state index in [2.05, 4.69) is 23.1 Å². The zero-order valence-corrected chi connectivity index (χ0v) is 7.70. The SMILES string of the molecule is C=CN=C(C=C)c1ccncc1C. The minimum Gasteiger partial charge on any atom is -0.264 e. The Kier molecular flexibility index (Phi) is 3.15. The van der Waals surface area contributed by atoms with Crippen molar-refractivity contribution in [2.24, 2.45) is 4.99 Å². The van der Waals surface area contributed by atoms with Crippen molar-refractivity contribution in [3.63, 3.8) is 0 Å². The predicted molar refractivity (Wildman–Crippen MR) is 55.9 cm³/mol. The van der Waals surface area contributed by atoms with Crippen molar-refractivity contribution in [3.05, 3.63) is 55.0 Å². The van der Waals surface area contributed by atoms with Gasteiger partial charge in [-0.25, -0.2) is 0 Å². The molecule has 0 radical (unpaired) electrons. The van der Waals surface area contributed by atoms with E-state index >= 15 is 0 Å². The Morgan fingerprint density at radius 2 is 2.31 bits per heavy atom. The number of allylic oxidation sites excluding steroid dienone is 1. The van der Waals surface area contributed by atoms with Crippen LogP contribution >= 0.6 is 0 Å². The van der Waals surface area contributed by atoms with Crippen LogP contribution in [0, 0.1) is 6.92 Å². The minimum absolute atomic E-state index is 0.829. The minimum atomic E-state index is 0.829. The largest absolute Gasteiger partial charge is 0.264 e. The van der Waals surface area contributed by atoms with Crippen LogP contribution in [-0.2, 0) is 0 Å². The predicted octanol–water partition coefficient (Wildman–Crippen LogP) is 2.51. The van der Waals surface area contributed by atoms with E-state index in [1.54, 1.807) is 18.5 Å². The summed E-state index contributed by atoms with van der Waals surface area (Å²) in [5.74, 6) is 0. The molecular weight excluding hydrogens is 160 g/mol. The maximum absolute atomic E-state index is 4.11. The van der Waals surface area contributed by atoms with Crippen LogP contribution in [0.1, 0.15) is 11.1 Å². The van der Waals surface area contributed by atoms with Gasteiger partial charge in [0.25, 0.3) is 0 Å². The van der Waals surface area contributed by atoms with Gasteiger partial charge in [-0.05, 0) is 24.6 Å². The summed E-state index contributed by atoms with van der Waals surface area (Å²) in [5.41, 5.74) is 2.96. The first-order valence-electron chi connectivity index (χ1n) is 4.01. The second kappa shape index (κ2) is 4.36. The molecule has 0 N–H and O–H groups in total. The summed E-state index contributed by atoms with van der Waals surface area (Å²) < 4.78 is 0. The Hall–Kier alpha value is -1.70. The molecule has 0 fully saturated rings. The Balaban J connectivity index is 3.19. The molecule has 66 valence electrons. The van der Waals surface area contributed by atoms with E-state index in [0.717, 1.165) is 16.8 Å². The lowest BCUT2D eigenvalue weighted by atomic mass is 10.1. The molecule has 0 amide bonds. The highest BCUT2D eigenvalue weighted by molar-refractivity contribution is 6.09.